The van der Waals surface area contributed by atoms with Crippen LogP contribution in [0.1, 0.15) is 5.56 Å². The quantitative estimate of drug-likeness (QED) is 0.827. The Balaban J connectivity index is 2.78. The second-order valence-corrected chi connectivity index (χ2v) is 3.79. The SMILES string of the molecule is CNC(=O)C(N)Cc1ccc(OC)cc1Cl. The second kappa shape index (κ2) is 5.72. The molecule has 0 aliphatic carbocycles. The first-order chi connectivity index (χ1) is 7.58. The molecule has 0 heterocycles. The Bertz CT molecular complexity index is 382. The van der Waals surface area contributed by atoms with E-state index in [1.807, 2.05) is 6.07 Å². The van der Waals surface area contributed by atoms with E-state index in [1.54, 1.807) is 26.3 Å². The molecule has 1 atom stereocenters. The van der Waals surface area contributed by atoms with E-state index in [0.29, 0.717) is 17.2 Å². The molecule has 1 aromatic carbocycles. The minimum absolute atomic E-state index is 0.202. The maximum Gasteiger partial charge on any atom is 0.237 e. The van der Waals surface area contributed by atoms with Gasteiger partial charge in [-0.2, -0.15) is 0 Å². The Morgan fingerprint density at radius 3 is 2.81 bits per heavy atom. The molecule has 0 aliphatic rings. The van der Waals surface area contributed by atoms with E-state index in [-0.39, 0.29) is 5.91 Å². The summed E-state index contributed by atoms with van der Waals surface area (Å²) in [5.41, 5.74) is 6.53. The topological polar surface area (TPSA) is 64.4 Å². The number of nitrogens with two attached hydrogens (primary N) is 1. The van der Waals surface area contributed by atoms with Gasteiger partial charge in [0, 0.05) is 12.1 Å². The lowest BCUT2D eigenvalue weighted by atomic mass is 10.1. The number of carbonyl (C=O) groups is 1. The predicted octanol–water partition coefficient (Wildman–Crippen LogP) is 0.964. The number of amides is 1. The second-order valence-electron chi connectivity index (χ2n) is 3.38. The Labute approximate surface area is 99.7 Å². The average Bonchev–Trinajstić information content (AvgIpc) is 2.30. The number of rotatable bonds is 4. The normalized spacial score (nSPS) is 12.0. The van der Waals surface area contributed by atoms with Crippen molar-refractivity contribution in [2.45, 2.75) is 12.5 Å². The van der Waals surface area contributed by atoms with Crippen LogP contribution in [0.25, 0.3) is 0 Å². The summed E-state index contributed by atoms with van der Waals surface area (Å²) >= 11 is 6.03. The molecule has 1 rings (SSSR count). The van der Waals surface area contributed by atoms with Crippen molar-refractivity contribution >= 4 is 17.5 Å². The molecule has 0 fully saturated rings. The van der Waals surface area contributed by atoms with E-state index in [4.69, 9.17) is 22.1 Å². The van der Waals surface area contributed by atoms with Crippen molar-refractivity contribution in [3.8, 4) is 5.75 Å². The first-order valence-corrected chi connectivity index (χ1v) is 5.26. The number of nitrogens with one attached hydrogen (secondary N) is 1. The van der Waals surface area contributed by atoms with Crippen LogP contribution in [0.2, 0.25) is 5.02 Å². The molecule has 0 saturated heterocycles. The number of methoxy groups -OCH3 is 1. The van der Waals surface area contributed by atoms with Gasteiger partial charge in [0.05, 0.1) is 13.2 Å². The van der Waals surface area contributed by atoms with Crippen LogP contribution in [0.4, 0.5) is 0 Å². The van der Waals surface area contributed by atoms with Crippen molar-refractivity contribution in [2.24, 2.45) is 5.73 Å². The molecule has 88 valence electrons. The Kier molecular flexibility index (Phi) is 4.58. The minimum Gasteiger partial charge on any atom is -0.497 e. The van der Waals surface area contributed by atoms with Crippen molar-refractivity contribution in [1.29, 1.82) is 0 Å². The van der Waals surface area contributed by atoms with Crippen molar-refractivity contribution in [2.75, 3.05) is 14.2 Å². The van der Waals surface area contributed by atoms with Gasteiger partial charge in [-0.15, -0.1) is 0 Å². The zero-order chi connectivity index (χ0) is 12.1. The van der Waals surface area contributed by atoms with Gasteiger partial charge in [-0.3, -0.25) is 4.79 Å². The van der Waals surface area contributed by atoms with Gasteiger partial charge in [-0.1, -0.05) is 17.7 Å². The lowest BCUT2D eigenvalue weighted by Crippen LogP contribution is -2.40. The summed E-state index contributed by atoms with van der Waals surface area (Å²) in [5.74, 6) is 0.481. The zero-order valence-electron chi connectivity index (χ0n) is 9.29. The highest BCUT2D eigenvalue weighted by Gasteiger charge is 2.14. The molecular weight excluding hydrogens is 228 g/mol. The maximum atomic E-state index is 11.2. The van der Waals surface area contributed by atoms with E-state index in [2.05, 4.69) is 5.32 Å². The van der Waals surface area contributed by atoms with Crippen LogP contribution < -0.4 is 15.8 Å². The molecule has 1 amide bonds. The van der Waals surface area contributed by atoms with Crippen molar-refractivity contribution in [1.82, 2.24) is 5.32 Å². The fraction of sp³-hybridized carbons (Fsp3) is 0.364. The van der Waals surface area contributed by atoms with Crippen molar-refractivity contribution in [3.05, 3.63) is 28.8 Å². The molecule has 4 nitrogen and oxygen atoms in total. The van der Waals surface area contributed by atoms with Gasteiger partial charge >= 0.3 is 0 Å². The third-order valence-corrected chi connectivity index (χ3v) is 2.64. The first kappa shape index (κ1) is 12.8. The number of likely N-dealkylation sites (N-methyl/N-ethyl adjacent to an activating group) is 1. The molecule has 3 N–H and O–H groups in total. The highest BCUT2D eigenvalue weighted by Crippen LogP contribution is 2.23. The Morgan fingerprint density at radius 1 is 1.62 bits per heavy atom. The molecule has 0 spiro atoms. The number of halogens is 1. The first-order valence-electron chi connectivity index (χ1n) is 4.88. The largest absolute Gasteiger partial charge is 0.497 e. The molecule has 0 bridgehead atoms. The molecule has 0 radical (unpaired) electrons. The van der Waals surface area contributed by atoms with Gasteiger partial charge in [0.15, 0.2) is 0 Å². The van der Waals surface area contributed by atoms with E-state index in [1.165, 1.54) is 0 Å². The van der Waals surface area contributed by atoms with Crippen LogP contribution in [0.15, 0.2) is 18.2 Å². The van der Waals surface area contributed by atoms with Gasteiger partial charge < -0.3 is 15.8 Å². The summed E-state index contributed by atoms with van der Waals surface area (Å²) in [5, 5.41) is 3.05. The maximum absolute atomic E-state index is 11.2. The molecular formula is C11H15ClN2O2. The summed E-state index contributed by atoms with van der Waals surface area (Å²) < 4.78 is 5.03. The van der Waals surface area contributed by atoms with Gasteiger partial charge in [0.1, 0.15) is 5.75 Å². The lowest BCUT2D eigenvalue weighted by Gasteiger charge is -2.11. The minimum atomic E-state index is -0.587. The van der Waals surface area contributed by atoms with E-state index >= 15 is 0 Å². The fourth-order valence-electron chi connectivity index (χ4n) is 1.34. The van der Waals surface area contributed by atoms with Crippen LogP contribution in [0.3, 0.4) is 0 Å². The Hall–Kier alpha value is -1.26. The highest BCUT2D eigenvalue weighted by molar-refractivity contribution is 6.31. The Morgan fingerprint density at radius 2 is 2.31 bits per heavy atom. The number of ether oxygens (including phenoxy) is 1. The van der Waals surface area contributed by atoms with Crippen LogP contribution >= 0.6 is 11.6 Å². The van der Waals surface area contributed by atoms with Gasteiger partial charge in [0.2, 0.25) is 5.91 Å². The number of hydrogen-bond donors (Lipinski definition) is 2. The lowest BCUT2D eigenvalue weighted by molar-refractivity contribution is -0.121. The summed E-state index contributed by atoms with van der Waals surface area (Å²) in [7, 11) is 3.12. The van der Waals surface area contributed by atoms with Gasteiger partial charge in [-0.25, -0.2) is 0 Å². The van der Waals surface area contributed by atoms with E-state index < -0.39 is 6.04 Å². The zero-order valence-corrected chi connectivity index (χ0v) is 10.0. The molecule has 0 aliphatic heterocycles. The van der Waals surface area contributed by atoms with Gasteiger partial charge in [0.25, 0.3) is 0 Å². The molecule has 0 aromatic heterocycles. The van der Waals surface area contributed by atoms with E-state index in [9.17, 15) is 4.79 Å². The molecule has 1 unspecified atom stereocenters. The number of carbonyl (C=O) groups excluding carboxylic acids is 1. The van der Waals surface area contributed by atoms with Crippen LogP contribution in [-0.2, 0) is 11.2 Å². The molecule has 1 aromatic rings. The summed E-state index contributed by atoms with van der Waals surface area (Å²) in [6.45, 7) is 0. The monoisotopic (exact) mass is 242 g/mol. The van der Waals surface area contributed by atoms with Crippen molar-refractivity contribution < 1.29 is 9.53 Å². The summed E-state index contributed by atoms with van der Waals surface area (Å²) in [6.07, 6.45) is 0.405. The van der Waals surface area contributed by atoms with E-state index in [0.717, 1.165) is 5.56 Å². The average molecular weight is 243 g/mol. The molecule has 5 heteroatoms. The number of benzene rings is 1. The number of hydrogen-bond acceptors (Lipinski definition) is 3. The van der Waals surface area contributed by atoms with Crippen LogP contribution in [0.5, 0.6) is 5.75 Å². The predicted molar refractivity (Wildman–Crippen MR) is 63.8 cm³/mol. The summed E-state index contributed by atoms with van der Waals surface area (Å²) in [6, 6.07) is 4.71. The summed E-state index contributed by atoms with van der Waals surface area (Å²) in [4.78, 5) is 11.2. The third kappa shape index (κ3) is 3.12. The standard InChI is InChI=1S/C11H15ClN2O2/c1-14-11(15)10(13)5-7-3-4-8(16-2)6-9(7)12/h3-4,6,10H,5,13H2,1-2H3,(H,14,15). The fourth-order valence-corrected chi connectivity index (χ4v) is 1.58. The highest BCUT2D eigenvalue weighted by atomic mass is 35.5. The third-order valence-electron chi connectivity index (χ3n) is 2.28. The van der Waals surface area contributed by atoms with Crippen LogP contribution in [-0.4, -0.2) is 26.1 Å². The van der Waals surface area contributed by atoms with Gasteiger partial charge in [-0.05, 0) is 24.1 Å². The smallest absolute Gasteiger partial charge is 0.237 e. The van der Waals surface area contributed by atoms with Crippen molar-refractivity contribution in [3.63, 3.8) is 0 Å². The molecule has 0 saturated carbocycles. The molecule has 16 heavy (non-hydrogen) atoms. The van der Waals surface area contributed by atoms with Crippen LogP contribution in [0, 0.1) is 0 Å².